The summed E-state index contributed by atoms with van der Waals surface area (Å²) in [6, 6.07) is 0. The van der Waals surface area contributed by atoms with E-state index in [2.05, 4.69) is 28.0 Å². The molecule has 1 aliphatic rings. The molecule has 1 aromatic rings. The number of rotatable bonds is 3. The van der Waals surface area contributed by atoms with Crippen molar-refractivity contribution in [3.8, 4) is 0 Å². The van der Waals surface area contributed by atoms with Crippen LogP contribution >= 0.6 is 15.9 Å². The lowest BCUT2D eigenvalue weighted by Gasteiger charge is -2.31. The molecule has 4 heteroatoms. The van der Waals surface area contributed by atoms with Gasteiger partial charge in [-0.2, -0.15) is 5.10 Å². The van der Waals surface area contributed by atoms with E-state index in [4.69, 9.17) is 0 Å². The smallest absolute Gasteiger partial charge is 0.0996 e. The highest BCUT2D eigenvalue weighted by atomic mass is 79.9. The van der Waals surface area contributed by atoms with E-state index >= 15 is 0 Å². The molecule has 0 aliphatic heterocycles. The summed E-state index contributed by atoms with van der Waals surface area (Å²) in [6.07, 6.45) is 7.47. The van der Waals surface area contributed by atoms with Crippen molar-refractivity contribution in [3.05, 3.63) is 16.4 Å². The summed E-state index contributed by atoms with van der Waals surface area (Å²) in [5, 5.41) is 14.7. The van der Waals surface area contributed by atoms with Gasteiger partial charge in [0.2, 0.25) is 0 Å². The van der Waals surface area contributed by atoms with E-state index in [-0.39, 0.29) is 6.10 Å². The number of hydrogen-bond donors (Lipinski definition) is 1. The van der Waals surface area contributed by atoms with Crippen LogP contribution in [0.3, 0.4) is 0 Å². The van der Waals surface area contributed by atoms with Crippen LogP contribution in [0.15, 0.2) is 10.7 Å². The average molecular weight is 301 g/mol. The molecule has 0 spiro atoms. The summed E-state index contributed by atoms with van der Waals surface area (Å²) >= 11 is 3.47. The zero-order valence-corrected chi connectivity index (χ0v) is 12.2. The Morgan fingerprint density at radius 3 is 2.94 bits per heavy atom. The van der Waals surface area contributed by atoms with Crippen molar-refractivity contribution >= 4 is 15.9 Å². The Hall–Kier alpha value is -0.350. The zero-order valence-electron chi connectivity index (χ0n) is 10.6. The van der Waals surface area contributed by atoms with Gasteiger partial charge < -0.3 is 5.11 Å². The van der Waals surface area contributed by atoms with Gasteiger partial charge >= 0.3 is 0 Å². The van der Waals surface area contributed by atoms with E-state index in [0.29, 0.717) is 5.92 Å². The summed E-state index contributed by atoms with van der Waals surface area (Å²) < 4.78 is 2.70. The lowest BCUT2D eigenvalue weighted by Crippen LogP contribution is -2.23. The fraction of sp³-hybridized carbons (Fsp3) is 0.769. The van der Waals surface area contributed by atoms with Crippen molar-refractivity contribution in [2.45, 2.75) is 45.1 Å². The van der Waals surface area contributed by atoms with Crippen LogP contribution in [-0.2, 0) is 7.05 Å². The predicted octanol–water partition coefficient (Wildman–Crippen LogP) is 3.43. The number of halogens is 1. The van der Waals surface area contributed by atoms with E-state index in [9.17, 15) is 5.11 Å². The largest absolute Gasteiger partial charge is 0.386 e. The van der Waals surface area contributed by atoms with Crippen molar-refractivity contribution in [3.63, 3.8) is 0 Å². The van der Waals surface area contributed by atoms with Gasteiger partial charge in [-0.1, -0.05) is 26.2 Å². The molecule has 3 unspecified atom stereocenters. The summed E-state index contributed by atoms with van der Waals surface area (Å²) in [5.41, 5.74) is 0.923. The van der Waals surface area contributed by atoms with E-state index in [1.807, 2.05) is 7.05 Å². The van der Waals surface area contributed by atoms with Crippen molar-refractivity contribution in [1.82, 2.24) is 9.78 Å². The number of aryl methyl sites for hydroxylation is 1. The quantitative estimate of drug-likeness (QED) is 0.929. The molecule has 2 rings (SSSR count). The fourth-order valence-electron chi connectivity index (χ4n) is 2.97. The van der Waals surface area contributed by atoms with Crippen LogP contribution < -0.4 is 0 Å². The molecule has 3 nitrogen and oxygen atoms in total. The highest BCUT2D eigenvalue weighted by Crippen LogP contribution is 2.39. The van der Waals surface area contributed by atoms with Gasteiger partial charge in [0.1, 0.15) is 0 Å². The molecule has 1 N–H and O–H groups in total. The lowest BCUT2D eigenvalue weighted by atomic mass is 9.77. The molecule has 0 bridgehead atoms. The highest BCUT2D eigenvalue weighted by molar-refractivity contribution is 9.10. The summed E-state index contributed by atoms with van der Waals surface area (Å²) in [4.78, 5) is 0. The third kappa shape index (κ3) is 2.74. The molecule has 0 radical (unpaired) electrons. The topological polar surface area (TPSA) is 38.1 Å². The first-order chi connectivity index (χ1) is 8.13. The van der Waals surface area contributed by atoms with E-state index in [1.165, 1.54) is 19.3 Å². The molecule has 1 aliphatic carbocycles. The van der Waals surface area contributed by atoms with Crippen LogP contribution in [0.5, 0.6) is 0 Å². The van der Waals surface area contributed by atoms with Crippen LogP contribution in [0.25, 0.3) is 0 Å². The van der Waals surface area contributed by atoms with Crippen LogP contribution in [0, 0.1) is 11.8 Å². The Labute approximate surface area is 111 Å². The minimum Gasteiger partial charge on any atom is -0.386 e. The van der Waals surface area contributed by atoms with E-state index in [0.717, 1.165) is 28.9 Å². The summed E-state index contributed by atoms with van der Waals surface area (Å²) in [7, 11) is 1.89. The standard InChI is InChI=1S/C13H21BrN2O/c1-3-9-5-4-6-10(7-9)13(17)12-11(14)8-15-16(12)2/h8-10,13,17H,3-7H2,1-2H3. The van der Waals surface area contributed by atoms with Crippen molar-refractivity contribution in [2.24, 2.45) is 18.9 Å². The van der Waals surface area contributed by atoms with Gasteiger partial charge in [-0.25, -0.2) is 0 Å². The second-order valence-corrected chi connectivity index (χ2v) is 6.00. The van der Waals surface area contributed by atoms with Gasteiger partial charge in [0.05, 0.1) is 22.5 Å². The monoisotopic (exact) mass is 300 g/mol. The van der Waals surface area contributed by atoms with Crippen molar-refractivity contribution < 1.29 is 5.11 Å². The maximum Gasteiger partial charge on any atom is 0.0996 e. The first-order valence-corrected chi connectivity index (χ1v) is 7.28. The molecule has 0 saturated heterocycles. The molecule has 17 heavy (non-hydrogen) atoms. The summed E-state index contributed by atoms with van der Waals surface area (Å²) in [5.74, 6) is 1.18. The summed E-state index contributed by atoms with van der Waals surface area (Å²) in [6.45, 7) is 2.25. The maximum absolute atomic E-state index is 10.5. The fourth-order valence-corrected chi connectivity index (χ4v) is 3.55. The number of aromatic nitrogens is 2. The molecule has 96 valence electrons. The normalized spacial score (nSPS) is 27.1. The molecular weight excluding hydrogens is 280 g/mol. The number of aliphatic hydroxyl groups excluding tert-OH is 1. The Bertz CT molecular complexity index is 358. The Kier molecular flexibility index (Phi) is 4.26. The molecule has 0 amide bonds. The maximum atomic E-state index is 10.5. The van der Waals surface area contributed by atoms with Gasteiger partial charge in [0.25, 0.3) is 0 Å². The van der Waals surface area contributed by atoms with Gasteiger partial charge in [0, 0.05) is 7.05 Å². The minimum absolute atomic E-state index is 0.383. The molecule has 1 aromatic heterocycles. The molecule has 3 atom stereocenters. The van der Waals surface area contributed by atoms with E-state index in [1.54, 1.807) is 10.9 Å². The SMILES string of the molecule is CCC1CCCC(C(O)c2c(Br)cnn2C)C1. The van der Waals surface area contributed by atoms with Gasteiger partial charge in [-0.05, 0) is 40.6 Å². The Morgan fingerprint density at radius 2 is 2.35 bits per heavy atom. The molecule has 1 heterocycles. The first kappa shape index (κ1) is 13.1. The molecule has 1 saturated carbocycles. The van der Waals surface area contributed by atoms with Crippen molar-refractivity contribution in [1.29, 1.82) is 0 Å². The minimum atomic E-state index is -0.383. The predicted molar refractivity (Wildman–Crippen MR) is 71.6 cm³/mol. The number of hydrogen-bond acceptors (Lipinski definition) is 2. The van der Waals surface area contributed by atoms with Crippen molar-refractivity contribution in [2.75, 3.05) is 0 Å². The third-order valence-corrected chi connectivity index (χ3v) is 4.68. The second kappa shape index (κ2) is 5.53. The van der Waals surface area contributed by atoms with Gasteiger partial charge in [-0.3, -0.25) is 4.68 Å². The van der Waals surface area contributed by atoms with Crippen LogP contribution in [0.2, 0.25) is 0 Å². The second-order valence-electron chi connectivity index (χ2n) is 5.15. The first-order valence-electron chi connectivity index (χ1n) is 6.49. The lowest BCUT2D eigenvalue weighted by molar-refractivity contribution is 0.0610. The van der Waals surface area contributed by atoms with Crippen LogP contribution in [-0.4, -0.2) is 14.9 Å². The average Bonchev–Trinajstić information content (AvgIpc) is 2.68. The van der Waals surface area contributed by atoms with Gasteiger partial charge in [-0.15, -0.1) is 0 Å². The zero-order chi connectivity index (χ0) is 12.4. The molecule has 1 fully saturated rings. The third-order valence-electron chi connectivity index (χ3n) is 4.07. The Balaban J connectivity index is 2.11. The highest BCUT2D eigenvalue weighted by Gasteiger charge is 2.30. The van der Waals surface area contributed by atoms with Gasteiger partial charge in [0.15, 0.2) is 0 Å². The number of nitrogens with zero attached hydrogens (tertiary/aromatic N) is 2. The number of aliphatic hydroxyl groups is 1. The van der Waals surface area contributed by atoms with Crippen LogP contribution in [0.1, 0.15) is 50.8 Å². The van der Waals surface area contributed by atoms with E-state index < -0.39 is 0 Å². The Morgan fingerprint density at radius 1 is 1.59 bits per heavy atom. The molecular formula is C13H21BrN2O. The van der Waals surface area contributed by atoms with Crippen LogP contribution in [0.4, 0.5) is 0 Å². The molecule has 0 aromatic carbocycles.